The number of nitrogens with zero attached hydrogens (tertiary/aromatic N) is 2. The molecule has 2 atom stereocenters. The van der Waals surface area contributed by atoms with Gasteiger partial charge in [-0.2, -0.15) is 4.99 Å². The predicted molar refractivity (Wildman–Crippen MR) is 55.2 cm³/mol. The summed E-state index contributed by atoms with van der Waals surface area (Å²) in [6, 6.07) is 0. The lowest BCUT2D eigenvalue weighted by molar-refractivity contribution is 0.467. The van der Waals surface area contributed by atoms with Crippen LogP contribution in [-0.4, -0.2) is 22.3 Å². The predicted octanol–water partition coefficient (Wildman–Crippen LogP) is 1.59. The molecule has 1 fully saturated rings. The molecule has 0 aliphatic heterocycles. The Bertz CT molecular complexity index is 282. The first kappa shape index (κ1) is 10.6. The van der Waals surface area contributed by atoms with Gasteiger partial charge in [-0.15, -0.1) is 0 Å². The van der Waals surface area contributed by atoms with Gasteiger partial charge in [0.05, 0.1) is 6.54 Å². The summed E-state index contributed by atoms with van der Waals surface area (Å²) in [5, 5.41) is 0. The van der Waals surface area contributed by atoms with Gasteiger partial charge in [0, 0.05) is 5.92 Å². The molecule has 13 heavy (non-hydrogen) atoms. The van der Waals surface area contributed by atoms with Crippen molar-refractivity contribution in [2.45, 2.75) is 22.8 Å². The molecule has 1 saturated carbocycles. The molecule has 0 aromatic carbocycles. The van der Waals surface area contributed by atoms with Crippen LogP contribution in [0, 0.1) is 5.92 Å². The lowest BCUT2D eigenvalue weighted by atomic mass is 10.1. The van der Waals surface area contributed by atoms with Gasteiger partial charge in [0.2, 0.25) is 12.2 Å². The fourth-order valence-electron chi connectivity index (χ4n) is 1.62. The average molecular weight is 292 g/mol. The van der Waals surface area contributed by atoms with Crippen molar-refractivity contribution in [3.05, 3.63) is 0 Å². The summed E-state index contributed by atoms with van der Waals surface area (Å²) < 4.78 is -0.389. The molecule has 0 bridgehead atoms. The van der Waals surface area contributed by atoms with Crippen molar-refractivity contribution in [1.29, 1.82) is 0 Å². The summed E-state index contributed by atoms with van der Waals surface area (Å²) >= 11 is 2.15. The van der Waals surface area contributed by atoms with Crippen LogP contribution in [0.15, 0.2) is 9.98 Å². The number of aliphatic imine (C=N–C) groups is 2. The zero-order valence-corrected chi connectivity index (χ0v) is 9.15. The number of hydrogen-bond acceptors (Lipinski definition) is 4. The summed E-state index contributed by atoms with van der Waals surface area (Å²) in [4.78, 5) is 27.4. The lowest BCUT2D eigenvalue weighted by Gasteiger charge is -2.21. The Kier molecular flexibility index (Phi) is 3.78. The Labute approximate surface area is 89.7 Å². The van der Waals surface area contributed by atoms with Gasteiger partial charge < -0.3 is 0 Å². The Hall–Kier alpha value is -0.510. The number of alkyl halides is 1. The van der Waals surface area contributed by atoms with Crippen molar-refractivity contribution in [3.8, 4) is 0 Å². The van der Waals surface area contributed by atoms with Crippen molar-refractivity contribution in [1.82, 2.24) is 0 Å². The molecule has 0 aromatic rings. The zero-order valence-electron chi connectivity index (χ0n) is 6.99. The number of rotatable bonds is 3. The normalized spacial score (nSPS) is 31.9. The van der Waals surface area contributed by atoms with Gasteiger partial charge in [-0.3, -0.25) is 0 Å². The first-order valence-electron chi connectivity index (χ1n) is 4.04. The van der Waals surface area contributed by atoms with Crippen molar-refractivity contribution in [2.75, 3.05) is 6.54 Å². The zero-order chi connectivity index (χ0) is 9.73. The molecule has 1 aliphatic rings. The van der Waals surface area contributed by atoms with E-state index in [1.807, 2.05) is 0 Å². The molecular formula is C8H9IN2O2. The van der Waals surface area contributed by atoms with E-state index in [2.05, 4.69) is 32.6 Å². The van der Waals surface area contributed by atoms with Gasteiger partial charge in [-0.1, -0.05) is 22.6 Å². The second kappa shape index (κ2) is 4.65. The van der Waals surface area contributed by atoms with Crippen LogP contribution < -0.4 is 0 Å². The number of carbonyl (C=O) groups excluding carboxylic acids is 2. The number of hydrogen-bond donors (Lipinski definition) is 0. The molecule has 70 valence electrons. The van der Waals surface area contributed by atoms with Crippen LogP contribution in [0.4, 0.5) is 0 Å². The van der Waals surface area contributed by atoms with Crippen LogP contribution >= 0.6 is 22.6 Å². The Morgan fingerprint density at radius 2 is 2.23 bits per heavy atom. The minimum atomic E-state index is -0.389. The fourth-order valence-corrected chi connectivity index (χ4v) is 2.61. The molecule has 0 saturated heterocycles. The van der Waals surface area contributed by atoms with Gasteiger partial charge in [-0.05, 0) is 19.3 Å². The second-order valence-electron chi connectivity index (χ2n) is 3.04. The molecule has 1 rings (SSSR count). The first-order chi connectivity index (χ1) is 6.23. The van der Waals surface area contributed by atoms with Crippen molar-refractivity contribution in [2.24, 2.45) is 15.9 Å². The van der Waals surface area contributed by atoms with E-state index in [1.165, 1.54) is 6.08 Å². The molecule has 0 N–H and O–H groups in total. The van der Waals surface area contributed by atoms with Crippen molar-refractivity contribution >= 4 is 34.8 Å². The highest BCUT2D eigenvalue weighted by atomic mass is 127. The van der Waals surface area contributed by atoms with Gasteiger partial charge in [0.25, 0.3) is 0 Å². The van der Waals surface area contributed by atoms with E-state index in [0.29, 0.717) is 6.54 Å². The molecular weight excluding hydrogens is 283 g/mol. The van der Waals surface area contributed by atoms with E-state index < -0.39 is 0 Å². The third kappa shape index (κ3) is 2.46. The topological polar surface area (TPSA) is 58.9 Å². The largest absolute Gasteiger partial charge is 0.236 e. The van der Waals surface area contributed by atoms with Crippen LogP contribution in [0.25, 0.3) is 0 Å². The quantitative estimate of drug-likeness (QED) is 0.261. The summed E-state index contributed by atoms with van der Waals surface area (Å²) in [5.74, 6) is 0.177. The molecule has 2 unspecified atom stereocenters. The minimum absolute atomic E-state index is 0.177. The van der Waals surface area contributed by atoms with Gasteiger partial charge in [-0.25, -0.2) is 14.6 Å². The van der Waals surface area contributed by atoms with E-state index in [1.54, 1.807) is 6.08 Å². The molecule has 4 nitrogen and oxygen atoms in total. The van der Waals surface area contributed by atoms with E-state index in [4.69, 9.17) is 0 Å². The highest BCUT2D eigenvalue weighted by molar-refractivity contribution is 14.1. The molecule has 0 aromatic heterocycles. The molecule has 0 radical (unpaired) electrons. The maximum absolute atomic E-state index is 10.2. The molecule has 5 heteroatoms. The summed E-state index contributed by atoms with van der Waals surface area (Å²) in [5.41, 5.74) is 0. The number of isocyanates is 2. The standard InChI is InChI=1S/C8H9IN2O2/c9-8(11-6-13)3-1-2-7(8)4-10-5-12/h7H,1-4H2. The maximum Gasteiger partial charge on any atom is 0.236 e. The van der Waals surface area contributed by atoms with Crippen molar-refractivity contribution < 1.29 is 9.59 Å². The van der Waals surface area contributed by atoms with Crippen molar-refractivity contribution in [3.63, 3.8) is 0 Å². The van der Waals surface area contributed by atoms with E-state index in [-0.39, 0.29) is 9.46 Å². The SMILES string of the molecule is O=C=NCC1CCCC1(I)N=C=O. The van der Waals surface area contributed by atoms with Gasteiger partial charge >= 0.3 is 0 Å². The maximum atomic E-state index is 10.2. The van der Waals surface area contributed by atoms with E-state index >= 15 is 0 Å². The third-order valence-electron chi connectivity index (χ3n) is 2.31. The first-order valence-corrected chi connectivity index (χ1v) is 5.12. The highest BCUT2D eigenvalue weighted by Crippen LogP contribution is 2.44. The van der Waals surface area contributed by atoms with Gasteiger partial charge in [0.1, 0.15) is 3.55 Å². The van der Waals surface area contributed by atoms with Crippen LogP contribution in [0.5, 0.6) is 0 Å². The van der Waals surface area contributed by atoms with Crippen LogP contribution in [0.1, 0.15) is 19.3 Å². The summed E-state index contributed by atoms with van der Waals surface area (Å²) in [6.45, 7) is 0.414. The fraction of sp³-hybridized carbons (Fsp3) is 0.750. The Morgan fingerprint density at radius 3 is 2.85 bits per heavy atom. The van der Waals surface area contributed by atoms with E-state index in [0.717, 1.165) is 19.3 Å². The van der Waals surface area contributed by atoms with Crippen LogP contribution in [-0.2, 0) is 9.59 Å². The smallest absolute Gasteiger partial charge is 0.211 e. The molecule has 1 aliphatic carbocycles. The lowest BCUT2D eigenvalue weighted by Crippen LogP contribution is -2.25. The summed E-state index contributed by atoms with van der Waals surface area (Å²) in [7, 11) is 0. The summed E-state index contributed by atoms with van der Waals surface area (Å²) in [6.07, 6.45) is 5.93. The van der Waals surface area contributed by atoms with Gasteiger partial charge in [0.15, 0.2) is 0 Å². The monoisotopic (exact) mass is 292 g/mol. The van der Waals surface area contributed by atoms with Crippen LogP contribution in [0.3, 0.4) is 0 Å². The van der Waals surface area contributed by atoms with Crippen LogP contribution in [0.2, 0.25) is 0 Å². The molecule has 0 heterocycles. The minimum Gasteiger partial charge on any atom is -0.211 e. The highest BCUT2D eigenvalue weighted by Gasteiger charge is 2.40. The van der Waals surface area contributed by atoms with E-state index in [9.17, 15) is 9.59 Å². The number of halogens is 1. The Morgan fingerprint density at radius 1 is 1.46 bits per heavy atom. The average Bonchev–Trinajstić information content (AvgIpc) is 2.44. The molecule has 0 amide bonds. The third-order valence-corrected chi connectivity index (χ3v) is 3.97. The molecule has 0 spiro atoms. The Balaban J connectivity index is 2.72. The second-order valence-corrected chi connectivity index (χ2v) is 4.91.